The van der Waals surface area contributed by atoms with E-state index in [0.29, 0.717) is 0 Å². The van der Waals surface area contributed by atoms with Crippen LogP contribution in [0.3, 0.4) is 0 Å². The molecule has 48 heavy (non-hydrogen) atoms. The average Bonchev–Trinajstić information content (AvgIpc) is 3.87. The van der Waals surface area contributed by atoms with E-state index in [0.717, 1.165) is 44.8 Å². The molecule has 0 bridgehead atoms. The van der Waals surface area contributed by atoms with Crippen LogP contribution >= 0.6 is 22.7 Å². The number of para-hydroxylation sites is 4. The highest BCUT2D eigenvalue weighted by atomic mass is 32.1. The molecule has 4 heterocycles. The Labute approximate surface area is 284 Å². The lowest BCUT2D eigenvalue weighted by Gasteiger charge is -2.06. The SMILES string of the molecule is Cn1c(-c2ccc(-c3ccc4c(c3)sc3c5ccc(-c6ccc(-c7nc8ccccc8n7C)cc6)cc5sc43)cc2)nc2ccccc21. The van der Waals surface area contributed by atoms with Crippen molar-refractivity contribution in [1.82, 2.24) is 19.1 Å². The van der Waals surface area contributed by atoms with E-state index in [-0.39, 0.29) is 0 Å². The molecule has 4 aromatic heterocycles. The van der Waals surface area contributed by atoms with Gasteiger partial charge in [-0.25, -0.2) is 9.97 Å². The zero-order chi connectivity index (χ0) is 31.9. The third-order valence-electron chi connectivity index (χ3n) is 9.61. The number of fused-ring (bicyclic) bond motifs is 7. The van der Waals surface area contributed by atoms with Gasteiger partial charge in [0.1, 0.15) is 11.6 Å². The van der Waals surface area contributed by atoms with Gasteiger partial charge in [0.05, 0.1) is 31.5 Å². The van der Waals surface area contributed by atoms with Gasteiger partial charge in [-0.1, -0.05) is 97.1 Å². The lowest BCUT2D eigenvalue weighted by atomic mass is 10.0. The van der Waals surface area contributed by atoms with Crippen molar-refractivity contribution in [1.29, 1.82) is 0 Å². The monoisotopic (exact) mass is 652 g/mol. The van der Waals surface area contributed by atoms with E-state index in [4.69, 9.17) is 9.97 Å². The van der Waals surface area contributed by atoms with Gasteiger partial charge in [-0.2, -0.15) is 0 Å². The number of benzene rings is 6. The quantitative estimate of drug-likeness (QED) is 0.190. The van der Waals surface area contributed by atoms with Gasteiger partial charge in [0.2, 0.25) is 0 Å². The summed E-state index contributed by atoms with van der Waals surface area (Å²) in [4.78, 5) is 9.76. The fraction of sp³-hybridized carbons (Fsp3) is 0.0476. The Bertz CT molecular complexity index is 2650. The molecule has 0 unspecified atom stereocenters. The fourth-order valence-electron chi connectivity index (χ4n) is 7.05. The molecule has 4 nitrogen and oxygen atoms in total. The molecule has 0 fully saturated rings. The van der Waals surface area contributed by atoms with Crippen LogP contribution in [0.4, 0.5) is 0 Å². The van der Waals surface area contributed by atoms with Crippen molar-refractivity contribution in [2.24, 2.45) is 14.1 Å². The van der Waals surface area contributed by atoms with Crippen LogP contribution in [0.1, 0.15) is 0 Å². The van der Waals surface area contributed by atoms with Gasteiger partial charge in [-0.05, 0) is 58.7 Å². The second kappa shape index (κ2) is 10.5. The first kappa shape index (κ1) is 27.5. The van der Waals surface area contributed by atoms with Crippen molar-refractivity contribution in [3.63, 3.8) is 0 Å². The summed E-state index contributed by atoms with van der Waals surface area (Å²) in [6.45, 7) is 0. The molecule has 0 aliphatic carbocycles. The third-order valence-corrected chi connectivity index (χ3v) is 12.1. The van der Waals surface area contributed by atoms with E-state index >= 15 is 0 Å². The largest absolute Gasteiger partial charge is 0.327 e. The summed E-state index contributed by atoms with van der Waals surface area (Å²) < 4.78 is 9.76. The second-order valence-corrected chi connectivity index (χ2v) is 14.5. The van der Waals surface area contributed by atoms with Crippen molar-refractivity contribution in [3.05, 3.63) is 133 Å². The van der Waals surface area contributed by atoms with Crippen molar-refractivity contribution < 1.29 is 0 Å². The lowest BCUT2D eigenvalue weighted by molar-refractivity contribution is 0.959. The predicted octanol–water partition coefficient (Wildman–Crippen LogP) is 11.7. The van der Waals surface area contributed by atoms with Crippen LogP contribution in [0, 0.1) is 0 Å². The molecular formula is C42H28N4S2. The van der Waals surface area contributed by atoms with Crippen molar-refractivity contribution in [2.75, 3.05) is 0 Å². The van der Waals surface area contributed by atoms with Crippen LogP contribution in [-0.2, 0) is 14.1 Å². The summed E-state index contributed by atoms with van der Waals surface area (Å²) in [7, 11) is 4.17. The summed E-state index contributed by atoms with van der Waals surface area (Å²) in [6.07, 6.45) is 0. The minimum Gasteiger partial charge on any atom is -0.327 e. The van der Waals surface area contributed by atoms with Crippen LogP contribution in [0.5, 0.6) is 0 Å². The Hall–Kier alpha value is -5.56. The molecule has 0 aliphatic heterocycles. The minimum atomic E-state index is 0.988. The van der Waals surface area contributed by atoms with Gasteiger partial charge in [0.15, 0.2) is 0 Å². The molecule has 228 valence electrons. The van der Waals surface area contributed by atoms with E-state index in [9.17, 15) is 0 Å². The van der Waals surface area contributed by atoms with Crippen molar-refractivity contribution in [3.8, 4) is 45.0 Å². The minimum absolute atomic E-state index is 0.988. The first-order valence-electron chi connectivity index (χ1n) is 16.0. The summed E-state index contributed by atoms with van der Waals surface area (Å²) in [6, 6.07) is 48.0. The smallest absolute Gasteiger partial charge is 0.140 e. The van der Waals surface area contributed by atoms with Gasteiger partial charge < -0.3 is 9.13 Å². The highest BCUT2D eigenvalue weighted by Crippen LogP contribution is 2.46. The summed E-state index contributed by atoms with van der Waals surface area (Å²) in [5.41, 5.74) is 11.5. The summed E-state index contributed by atoms with van der Waals surface area (Å²) in [5, 5.41) is 2.68. The standard InChI is InChI=1S/C42H28N4S2/c1-45-35-9-5-3-7-33(35)43-41(45)27-15-11-25(12-16-27)29-19-21-31-37(23-29)47-40-32-22-20-30(24-38(32)48-39(31)40)26-13-17-28(18-14-26)42-44-34-8-4-6-10-36(34)46(42)2/h3-24H,1-2H3. The number of nitrogens with zero attached hydrogens (tertiary/aromatic N) is 4. The highest BCUT2D eigenvalue weighted by molar-refractivity contribution is 7.36. The number of imidazole rings is 2. The maximum Gasteiger partial charge on any atom is 0.140 e. The Morgan fingerprint density at radius 3 is 1.21 bits per heavy atom. The number of hydrogen-bond donors (Lipinski definition) is 0. The number of rotatable bonds is 4. The van der Waals surface area contributed by atoms with Crippen molar-refractivity contribution >= 4 is 74.3 Å². The number of hydrogen-bond acceptors (Lipinski definition) is 4. The first-order valence-corrected chi connectivity index (χ1v) is 17.7. The molecule has 0 amide bonds. The van der Waals surface area contributed by atoms with Gasteiger partial charge >= 0.3 is 0 Å². The van der Waals surface area contributed by atoms with Crippen LogP contribution in [0.15, 0.2) is 133 Å². The summed E-state index contributed by atoms with van der Waals surface area (Å²) in [5.74, 6) is 1.98. The van der Waals surface area contributed by atoms with Crippen molar-refractivity contribution in [2.45, 2.75) is 0 Å². The van der Waals surface area contributed by atoms with Gasteiger partial charge in [-0.15, -0.1) is 22.7 Å². The third kappa shape index (κ3) is 4.20. The molecule has 10 rings (SSSR count). The number of aryl methyl sites for hydroxylation is 2. The van der Waals surface area contributed by atoms with Gasteiger partial charge in [0.25, 0.3) is 0 Å². The zero-order valence-electron chi connectivity index (χ0n) is 26.3. The topological polar surface area (TPSA) is 35.6 Å². The Morgan fingerprint density at radius 2 is 0.792 bits per heavy atom. The van der Waals surface area contributed by atoms with E-state index < -0.39 is 0 Å². The molecule has 0 radical (unpaired) electrons. The Morgan fingerprint density at radius 1 is 0.417 bits per heavy atom. The summed E-state index contributed by atoms with van der Waals surface area (Å²) >= 11 is 3.81. The van der Waals surface area contributed by atoms with E-state index in [1.807, 2.05) is 34.8 Å². The van der Waals surface area contributed by atoms with Gasteiger partial charge in [-0.3, -0.25) is 0 Å². The van der Waals surface area contributed by atoms with E-state index in [1.54, 1.807) is 0 Å². The highest BCUT2D eigenvalue weighted by Gasteiger charge is 2.15. The predicted molar refractivity (Wildman–Crippen MR) is 205 cm³/mol. The molecule has 0 spiro atoms. The van der Waals surface area contributed by atoms with Crippen LogP contribution in [0.2, 0.25) is 0 Å². The van der Waals surface area contributed by atoms with Gasteiger partial charge in [0, 0.05) is 45.4 Å². The molecule has 6 heteroatoms. The fourth-order valence-corrected chi connectivity index (χ4v) is 9.78. The van der Waals surface area contributed by atoms with Crippen LogP contribution in [0.25, 0.3) is 96.7 Å². The maximum atomic E-state index is 4.88. The molecule has 6 aromatic carbocycles. The number of aromatic nitrogens is 4. The molecule has 0 saturated heterocycles. The molecule has 0 aliphatic rings. The first-order chi connectivity index (χ1) is 23.6. The van der Waals surface area contributed by atoms with Crippen LogP contribution in [-0.4, -0.2) is 19.1 Å². The molecule has 0 saturated carbocycles. The maximum absolute atomic E-state index is 4.88. The van der Waals surface area contributed by atoms with Crippen LogP contribution < -0.4 is 0 Å². The molecule has 10 aromatic rings. The number of thiophene rings is 2. The molecule has 0 atom stereocenters. The lowest BCUT2D eigenvalue weighted by Crippen LogP contribution is -1.92. The molecular weight excluding hydrogens is 625 g/mol. The Kier molecular flexibility index (Phi) is 6.01. The second-order valence-electron chi connectivity index (χ2n) is 12.4. The van der Waals surface area contributed by atoms with E-state index in [2.05, 4.69) is 145 Å². The van der Waals surface area contributed by atoms with E-state index in [1.165, 1.54) is 51.8 Å². The average molecular weight is 653 g/mol. The Balaban J connectivity index is 0.953. The zero-order valence-corrected chi connectivity index (χ0v) is 27.9. The normalized spacial score (nSPS) is 12.0. The molecule has 0 N–H and O–H groups in total.